The smallest absolute Gasteiger partial charge is 0.238 e. The third kappa shape index (κ3) is 2.15. The first-order chi connectivity index (χ1) is 15.1. The average molecular weight is 404 g/mol. The highest BCUT2D eigenvalue weighted by Crippen LogP contribution is 2.42. The Hall–Kier alpha value is -3.13. The van der Waals surface area contributed by atoms with Gasteiger partial charge in [-0.2, -0.15) is 4.57 Å². The van der Waals surface area contributed by atoms with Crippen LogP contribution < -0.4 is 4.57 Å². The summed E-state index contributed by atoms with van der Waals surface area (Å²) < 4.78 is 4.86. The number of pyridine rings is 2. The van der Waals surface area contributed by atoms with Gasteiger partial charge in [-0.15, -0.1) is 0 Å². The number of benzene rings is 3. The molecular formula is C29H27N2+. The highest BCUT2D eigenvalue weighted by atomic mass is 15.0. The Morgan fingerprint density at radius 1 is 0.871 bits per heavy atom. The molecule has 152 valence electrons. The molecule has 0 radical (unpaired) electrons. The highest BCUT2D eigenvalue weighted by molar-refractivity contribution is 6.25. The highest BCUT2D eigenvalue weighted by Gasteiger charge is 2.25. The second kappa shape index (κ2) is 5.97. The molecule has 2 nitrogen and oxygen atoms in total. The third-order valence-electron chi connectivity index (χ3n) is 8.04. The van der Waals surface area contributed by atoms with Gasteiger partial charge in [0.15, 0.2) is 6.20 Å². The number of aromatic nitrogens is 2. The van der Waals surface area contributed by atoms with Crippen LogP contribution in [-0.2, 0) is 7.05 Å². The summed E-state index contributed by atoms with van der Waals surface area (Å²) in [5.74, 6) is 0.734. The van der Waals surface area contributed by atoms with E-state index in [0.717, 1.165) is 5.92 Å². The molecule has 0 spiro atoms. The van der Waals surface area contributed by atoms with Crippen molar-refractivity contribution in [1.82, 2.24) is 4.40 Å². The first-order valence-electron chi connectivity index (χ1n) is 11.6. The molecule has 7 rings (SSSR count). The van der Waals surface area contributed by atoms with E-state index in [4.69, 9.17) is 0 Å². The van der Waals surface area contributed by atoms with E-state index in [1.165, 1.54) is 91.4 Å². The summed E-state index contributed by atoms with van der Waals surface area (Å²) in [6.07, 6.45) is 7.69. The first-order valence-corrected chi connectivity index (χ1v) is 11.6. The minimum Gasteiger partial charge on any atom is -0.303 e. The van der Waals surface area contributed by atoms with Crippen LogP contribution in [0.15, 0.2) is 54.7 Å². The summed E-state index contributed by atoms with van der Waals surface area (Å²) in [4.78, 5) is 0. The van der Waals surface area contributed by atoms with Crippen LogP contribution in [0.3, 0.4) is 0 Å². The molecule has 0 bridgehead atoms. The number of hydrogen-bond acceptors (Lipinski definition) is 0. The van der Waals surface area contributed by atoms with Gasteiger partial charge in [0.2, 0.25) is 5.52 Å². The van der Waals surface area contributed by atoms with Crippen LogP contribution in [0.5, 0.6) is 0 Å². The summed E-state index contributed by atoms with van der Waals surface area (Å²) in [6.45, 7) is 4.53. The van der Waals surface area contributed by atoms with Crippen molar-refractivity contribution in [2.24, 2.45) is 7.05 Å². The summed E-state index contributed by atoms with van der Waals surface area (Å²) in [5.41, 5.74) is 9.65. The van der Waals surface area contributed by atoms with Gasteiger partial charge < -0.3 is 4.40 Å². The number of rotatable bonds is 1. The summed E-state index contributed by atoms with van der Waals surface area (Å²) in [7, 11) is 2.20. The Balaban J connectivity index is 1.77. The van der Waals surface area contributed by atoms with Crippen molar-refractivity contribution in [2.45, 2.75) is 45.4 Å². The van der Waals surface area contributed by atoms with Gasteiger partial charge in [-0.1, -0.05) is 37.1 Å². The van der Waals surface area contributed by atoms with Gasteiger partial charge in [0.1, 0.15) is 12.6 Å². The van der Waals surface area contributed by atoms with Gasteiger partial charge >= 0.3 is 0 Å². The maximum absolute atomic E-state index is 2.53. The standard InChI is InChI=1S/C29H27N2/c1-17-15-21-9-6-10-25-27(21)26(18(17)2)29-28-22(13-14-30(29)3)23-16-20(19-7-4-5-8-19)11-12-24(23)31(25)28/h6,9-16,19H,4-5,7-8H2,1-3H3/q+1. The Kier molecular flexibility index (Phi) is 3.38. The zero-order valence-corrected chi connectivity index (χ0v) is 18.5. The monoisotopic (exact) mass is 403 g/mol. The predicted molar refractivity (Wildman–Crippen MR) is 130 cm³/mol. The molecule has 3 heterocycles. The molecule has 0 aliphatic heterocycles. The lowest BCUT2D eigenvalue weighted by Crippen LogP contribution is -2.29. The molecule has 6 aromatic rings. The van der Waals surface area contributed by atoms with Crippen LogP contribution in [0, 0.1) is 13.8 Å². The Morgan fingerprint density at radius 3 is 2.55 bits per heavy atom. The van der Waals surface area contributed by atoms with Crippen LogP contribution in [0.2, 0.25) is 0 Å². The Morgan fingerprint density at radius 2 is 1.71 bits per heavy atom. The van der Waals surface area contributed by atoms with E-state index in [-0.39, 0.29) is 0 Å². The summed E-state index contributed by atoms with van der Waals surface area (Å²) in [5, 5.41) is 6.92. The predicted octanol–water partition coefficient (Wildman–Crippen LogP) is 7.09. The number of fused-ring (bicyclic) bond motifs is 5. The van der Waals surface area contributed by atoms with E-state index in [0.29, 0.717) is 0 Å². The van der Waals surface area contributed by atoms with E-state index in [9.17, 15) is 0 Å². The number of nitrogens with zero attached hydrogens (tertiary/aromatic N) is 2. The van der Waals surface area contributed by atoms with Crippen LogP contribution >= 0.6 is 0 Å². The average Bonchev–Trinajstić information content (AvgIpc) is 3.42. The fraction of sp³-hybridized carbons (Fsp3) is 0.276. The quantitative estimate of drug-likeness (QED) is 0.157. The lowest BCUT2D eigenvalue weighted by molar-refractivity contribution is -0.644. The first kappa shape index (κ1) is 17.5. The lowest BCUT2D eigenvalue weighted by atomic mass is 9.94. The molecule has 31 heavy (non-hydrogen) atoms. The third-order valence-corrected chi connectivity index (χ3v) is 8.04. The van der Waals surface area contributed by atoms with Gasteiger partial charge in [-0.3, -0.25) is 0 Å². The van der Waals surface area contributed by atoms with E-state index >= 15 is 0 Å². The molecule has 0 unspecified atom stereocenters. The summed E-state index contributed by atoms with van der Waals surface area (Å²) >= 11 is 0. The summed E-state index contributed by atoms with van der Waals surface area (Å²) in [6, 6.07) is 18.8. The van der Waals surface area contributed by atoms with Crippen molar-refractivity contribution in [1.29, 1.82) is 0 Å². The van der Waals surface area contributed by atoms with Crippen LogP contribution in [0.4, 0.5) is 0 Å². The topological polar surface area (TPSA) is 8.29 Å². The lowest BCUT2D eigenvalue weighted by Gasteiger charge is -2.14. The van der Waals surface area contributed by atoms with Gasteiger partial charge in [-0.25, -0.2) is 0 Å². The van der Waals surface area contributed by atoms with E-state index in [2.05, 4.69) is 84.6 Å². The van der Waals surface area contributed by atoms with Gasteiger partial charge in [0, 0.05) is 22.2 Å². The number of hydrogen-bond donors (Lipinski definition) is 0. The largest absolute Gasteiger partial charge is 0.303 e. The van der Waals surface area contributed by atoms with Crippen molar-refractivity contribution in [3.63, 3.8) is 0 Å². The van der Waals surface area contributed by atoms with E-state index in [1.54, 1.807) is 0 Å². The molecule has 1 fully saturated rings. The molecule has 1 saturated carbocycles. The van der Waals surface area contributed by atoms with Gasteiger partial charge in [0.05, 0.1) is 16.4 Å². The molecule has 0 N–H and O–H groups in total. The SMILES string of the molecule is Cc1cc2cccc3c2c(c1C)c1c2c(cc[n+]1C)c1cc(C4CCCC4)ccc1n32. The Labute approximate surface area is 182 Å². The van der Waals surface area contributed by atoms with Crippen molar-refractivity contribution >= 4 is 49.0 Å². The molecule has 0 saturated heterocycles. The molecular weight excluding hydrogens is 376 g/mol. The molecule has 1 aliphatic rings. The molecule has 0 amide bonds. The number of aryl methyl sites for hydroxylation is 3. The normalized spacial score (nSPS) is 15.6. The zero-order chi connectivity index (χ0) is 20.9. The van der Waals surface area contributed by atoms with Gasteiger partial charge in [-0.05, 0) is 72.9 Å². The van der Waals surface area contributed by atoms with Crippen molar-refractivity contribution in [2.75, 3.05) is 0 Å². The van der Waals surface area contributed by atoms with E-state index in [1.807, 2.05) is 0 Å². The molecule has 1 aliphatic carbocycles. The van der Waals surface area contributed by atoms with Crippen molar-refractivity contribution in [3.8, 4) is 0 Å². The minimum atomic E-state index is 0.734. The molecule has 2 heteroatoms. The maximum Gasteiger partial charge on any atom is 0.238 e. The second-order valence-electron chi connectivity index (χ2n) is 9.70. The molecule has 0 atom stereocenters. The van der Waals surface area contributed by atoms with Crippen LogP contribution in [0.25, 0.3) is 49.0 Å². The second-order valence-corrected chi connectivity index (χ2v) is 9.70. The maximum atomic E-state index is 2.53. The Bertz CT molecular complexity index is 1660. The fourth-order valence-corrected chi connectivity index (χ4v) is 6.38. The van der Waals surface area contributed by atoms with Gasteiger partial charge in [0.25, 0.3) is 0 Å². The molecule has 3 aromatic carbocycles. The van der Waals surface area contributed by atoms with E-state index < -0.39 is 0 Å². The van der Waals surface area contributed by atoms with Crippen molar-refractivity contribution in [3.05, 3.63) is 71.4 Å². The molecule has 3 aromatic heterocycles. The zero-order valence-electron chi connectivity index (χ0n) is 18.5. The fourth-order valence-electron chi connectivity index (χ4n) is 6.38. The van der Waals surface area contributed by atoms with Crippen LogP contribution in [0.1, 0.15) is 48.3 Å². The van der Waals surface area contributed by atoms with Crippen molar-refractivity contribution < 1.29 is 4.57 Å². The van der Waals surface area contributed by atoms with Crippen LogP contribution in [-0.4, -0.2) is 4.40 Å². The minimum absolute atomic E-state index is 0.734.